The zero-order valence-corrected chi connectivity index (χ0v) is 20.5. The van der Waals surface area contributed by atoms with Crippen LogP contribution in [-0.4, -0.2) is 46.5 Å². The number of nitro benzene ring substituents is 1. The summed E-state index contributed by atoms with van der Waals surface area (Å²) in [4.78, 5) is 41.1. The van der Waals surface area contributed by atoms with Crippen LogP contribution in [0.15, 0.2) is 77.6 Å². The van der Waals surface area contributed by atoms with Crippen molar-refractivity contribution in [3.8, 4) is 0 Å². The summed E-state index contributed by atoms with van der Waals surface area (Å²) < 4.78 is 1.85. The molecule has 3 aliphatic rings. The molecule has 0 N–H and O–H groups in total. The monoisotopic (exact) mass is 496 g/mol. The van der Waals surface area contributed by atoms with Crippen molar-refractivity contribution in [3.05, 3.63) is 110 Å². The molecule has 8 nitrogen and oxygen atoms in total. The van der Waals surface area contributed by atoms with Gasteiger partial charge in [0.2, 0.25) is 0 Å². The van der Waals surface area contributed by atoms with Gasteiger partial charge in [-0.05, 0) is 48.1 Å². The molecule has 2 bridgehead atoms. The number of pyridine rings is 1. The number of anilines is 1. The lowest BCUT2D eigenvalue weighted by Crippen LogP contribution is -2.47. The molecular formula is C29H28N4O4. The fourth-order valence-corrected chi connectivity index (χ4v) is 6.11. The molecule has 1 aromatic heterocycles. The van der Waals surface area contributed by atoms with Gasteiger partial charge in [0.05, 0.1) is 4.92 Å². The van der Waals surface area contributed by atoms with Crippen LogP contribution < -0.4 is 10.5 Å². The number of rotatable bonds is 4. The first-order chi connectivity index (χ1) is 18.0. The van der Waals surface area contributed by atoms with E-state index in [0.717, 1.165) is 24.1 Å². The molecule has 1 amide bonds. The molecule has 0 spiro atoms. The molecule has 37 heavy (non-hydrogen) atoms. The van der Waals surface area contributed by atoms with E-state index < -0.39 is 4.92 Å². The van der Waals surface area contributed by atoms with E-state index >= 15 is 0 Å². The second kappa shape index (κ2) is 9.35. The molecule has 4 heterocycles. The summed E-state index contributed by atoms with van der Waals surface area (Å²) in [6.07, 6.45) is 3.78. The van der Waals surface area contributed by atoms with Crippen molar-refractivity contribution >= 4 is 22.9 Å². The molecule has 188 valence electrons. The first-order valence-electron chi connectivity index (χ1n) is 12.7. The van der Waals surface area contributed by atoms with Crippen LogP contribution in [-0.2, 0) is 6.54 Å². The maximum absolute atomic E-state index is 13.3. The average molecular weight is 497 g/mol. The van der Waals surface area contributed by atoms with Crippen LogP contribution in [0.5, 0.6) is 0 Å². The first-order valence-corrected chi connectivity index (χ1v) is 12.7. The fraction of sp³-hybridized carbons (Fsp3) is 0.310. The highest BCUT2D eigenvalue weighted by molar-refractivity contribution is 5.96. The Labute approximate surface area is 214 Å². The van der Waals surface area contributed by atoms with Gasteiger partial charge in [0.15, 0.2) is 0 Å². The summed E-state index contributed by atoms with van der Waals surface area (Å²) in [7, 11) is 0. The largest absolute Gasteiger partial charge is 0.365 e. The zero-order valence-electron chi connectivity index (χ0n) is 20.5. The van der Waals surface area contributed by atoms with Gasteiger partial charge in [-0.25, -0.2) is 0 Å². The summed E-state index contributed by atoms with van der Waals surface area (Å²) in [6, 6.07) is 20.3. The van der Waals surface area contributed by atoms with Crippen molar-refractivity contribution < 1.29 is 9.72 Å². The molecular weight excluding hydrogens is 468 g/mol. The van der Waals surface area contributed by atoms with Gasteiger partial charge in [-0.2, -0.15) is 0 Å². The molecule has 3 aliphatic heterocycles. The highest BCUT2D eigenvalue weighted by Crippen LogP contribution is 2.40. The van der Waals surface area contributed by atoms with Crippen LogP contribution in [0.4, 0.5) is 11.4 Å². The summed E-state index contributed by atoms with van der Waals surface area (Å²) in [5, 5.41) is 12.1. The number of fused-ring (bicyclic) bond motifs is 4. The minimum atomic E-state index is -0.390. The molecule has 0 unspecified atom stereocenters. The Hall–Kier alpha value is -4.20. The van der Waals surface area contributed by atoms with Gasteiger partial charge >= 0.3 is 0 Å². The van der Waals surface area contributed by atoms with Crippen molar-refractivity contribution in [2.24, 2.45) is 5.92 Å². The van der Waals surface area contributed by atoms with Crippen molar-refractivity contribution in [3.63, 3.8) is 0 Å². The normalized spacial score (nSPS) is 20.7. The van der Waals surface area contributed by atoms with E-state index in [1.807, 2.05) is 28.8 Å². The van der Waals surface area contributed by atoms with Crippen molar-refractivity contribution in [1.29, 1.82) is 0 Å². The van der Waals surface area contributed by atoms with Crippen molar-refractivity contribution in [2.45, 2.75) is 25.3 Å². The second-order valence-corrected chi connectivity index (χ2v) is 10.2. The molecule has 1 fully saturated rings. The second-order valence-electron chi connectivity index (χ2n) is 10.2. The Bertz CT molecular complexity index is 1460. The molecule has 8 heteroatoms. The Morgan fingerprint density at radius 3 is 2.57 bits per heavy atom. The predicted octanol–water partition coefficient (Wildman–Crippen LogP) is 4.31. The number of benzene rings is 2. The number of nitrogens with zero attached hydrogens (tertiary/aromatic N) is 4. The smallest absolute Gasteiger partial charge is 0.293 e. The molecule has 6 rings (SSSR count). The summed E-state index contributed by atoms with van der Waals surface area (Å²) in [5.74, 6) is 0.189. The standard InChI is InChI=1S/C29H28N4O4/c34-28-8-4-7-25-24-15-20(18-32(25)28)17-31(19-24)26-10-9-23(16-27(26)33(36)37)29(35)30-13-11-22(12-14-30)21-5-2-1-3-6-21/h1-11,16,20,24H,12-15,17-19H2/t20-,24+/m1/s1. The third-order valence-corrected chi connectivity index (χ3v) is 7.88. The highest BCUT2D eigenvalue weighted by Gasteiger charge is 2.36. The van der Waals surface area contributed by atoms with E-state index in [2.05, 4.69) is 23.1 Å². The summed E-state index contributed by atoms with van der Waals surface area (Å²) in [5.41, 5.74) is 4.20. The maximum atomic E-state index is 13.3. The number of carbonyl (C=O) groups excluding carboxylic acids is 1. The fourth-order valence-electron chi connectivity index (χ4n) is 6.11. The summed E-state index contributed by atoms with van der Waals surface area (Å²) in [6.45, 7) is 2.92. The minimum Gasteiger partial charge on any atom is -0.365 e. The molecule has 0 saturated carbocycles. The molecule has 2 atom stereocenters. The van der Waals surface area contributed by atoms with Crippen LogP contribution in [0, 0.1) is 16.0 Å². The molecule has 0 aliphatic carbocycles. The third kappa shape index (κ3) is 4.33. The van der Waals surface area contributed by atoms with Crippen LogP contribution in [0.25, 0.3) is 5.57 Å². The number of aromatic nitrogens is 1. The van der Waals surface area contributed by atoms with Gasteiger partial charge in [-0.3, -0.25) is 19.7 Å². The van der Waals surface area contributed by atoms with E-state index in [1.54, 1.807) is 29.2 Å². The molecule has 2 aromatic carbocycles. The number of nitro groups is 1. The average Bonchev–Trinajstić information content (AvgIpc) is 2.93. The third-order valence-electron chi connectivity index (χ3n) is 7.88. The molecule has 1 saturated heterocycles. The van der Waals surface area contributed by atoms with E-state index in [1.165, 1.54) is 11.6 Å². The highest BCUT2D eigenvalue weighted by atomic mass is 16.6. The van der Waals surface area contributed by atoms with E-state index in [4.69, 9.17) is 0 Å². The van der Waals surface area contributed by atoms with E-state index in [0.29, 0.717) is 44.0 Å². The van der Waals surface area contributed by atoms with Crippen molar-refractivity contribution in [1.82, 2.24) is 9.47 Å². The van der Waals surface area contributed by atoms with Crippen LogP contribution in [0.2, 0.25) is 0 Å². The van der Waals surface area contributed by atoms with Crippen LogP contribution >= 0.6 is 0 Å². The van der Waals surface area contributed by atoms with Gasteiger partial charge in [0.1, 0.15) is 5.69 Å². The zero-order chi connectivity index (χ0) is 25.5. The number of amides is 1. The molecule has 3 aromatic rings. The minimum absolute atomic E-state index is 0.0120. The number of hydrogen-bond acceptors (Lipinski definition) is 5. The molecule has 0 radical (unpaired) electrons. The van der Waals surface area contributed by atoms with Gasteiger partial charge in [-0.1, -0.05) is 42.5 Å². The quantitative estimate of drug-likeness (QED) is 0.397. The lowest BCUT2D eigenvalue weighted by molar-refractivity contribution is -0.384. The van der Waals surface area contributed by atoms with Crippen LogP contribution in [0.3, 0.4) is 0 Å². The summed E-state index contributed by atoms with van der Waals surface area (Å²) >= 11 is 0. The Morgan fingerprint density at radius 1 is 0.973 bits per heavy atom. The van der Waals surface area contributed by atoms with E-state index in [-0.39, 0.29) is 29.0 Å². The maximum Gasteiger partial charge on any atom is 0.293 e. The number of piperidine rings is 1. The SMILES string of the molecule is O=C(c1ccc(N2C[C@H]3C[C@@H](C2)c2cccc(=O)n2C3)c([N+](=O)[O-])c1)N1CC=C(c2ccccc2)CC1. The number of carbonyl (C=O) groups is 1. The van der Waals surface area contributed by atoms with Gasteiger partial charge in [0, 0.05) is 62.0 Å². The van der Waals surface area contributed by atoms with E-state index in [9.17, 15) is 19.7 Å². The van der Waals surface area contributed by atoms with Crippen molar-refractivity contribution in [2.75, 3.05) is 31.1 Å². The Morgan fingerprint density at radius 2 is 1.81 bits per heavy atom. The Balaban J connectivity index is 1.23. The van der Waals surface area contributed by atoms with Gasteiger partial charge in [-0.15, -0.1) is 0 Å². The Kier molecular flexibility index (Phi) is 5.87. The number of hydrogen-bond donors (Lipinski definition) is 0. The topological polar surface area (TPSA) is 88.7 Å². The lowest BCUT2D eigenvalue weighted by atomic mass is 9.83. The van der Waals surface area contributed by atoms with Gasteiger partial charge < -0.3 is 14.4 Å². The lowest BCUT2D eigenvalue weighted by Gasteiger charge is -2.43. The van der Waals surface area contributed by atoms with Crippen LogP contribution in [0.1, 0.15) is 40.4 Å². The first kappa shape index (κ1) is 23.2. The predicted molar refractivity (Wildman–Crippen MR) is 142 cm³/mol. The van der Waals surface area contributed by atoms with Gasteiger partial charge in [0.25, 0.3) is 17.2 Å².